The van der Waals surface area contributed by atoms with Crippen molar-refractivity contribution < 1.29 is 18.7 Å². The summed E-state index contributed by atoms with van der Waals surface area (Å²) in [4.78, 5) is 23.5. The molecule has 28 heavy (non-hydrogen) atoms. The minimum Gasteiger partial charge on any atom is -0.469 e. The van der Waals surface area contributed by atoms with E-state index in [-0.39, 0.29) is 24.3 Å². The Bertz CT molecular complexity index is 979. The first-order valence-corrected chi connectivity index (χ1v) is 8.85. The summed E-state index contributed by atoms with van der Waals surface area (Å²) in [6, 6.07) is 14.3. The van der Waals surface area contributed by atoms with E-state index in [0.29, 0.717) is 22.9 Å². The lowest BCUT2D eigenvalue weighted by Crippen LogP contribution is -2.34. The Labute approximate surface area is 162 Å². The normalized spacial score (nSPS) is 11.7. The minimum absolute atomic E-state index is 0.115. The average Bonchev–Trinajstić information content (AvgIpc) is 3.18. The minimum atomic E-state index is -0.371. The number of hydrogen-bond acceptors (Lipinski definition) is 6. The summed E-state index contributed by atoms with van der Waals surface area (Å²) >= 11 is 0. The third-order valence-corrected chi connectivity index (χ3v) is 4.16. The molecule has 1 aromatic heterocycles. The topological polar surface area (TPSA) is 94.3 Å². The molecule has 1 heterocycles. The van der Waals surface area contributed by atoms with Crippen LogP contribution in [0, 0.1) is 6.92 Å². The van der Waals surface area contributed by atoms with Crippen LogP contribution >= 0.6 is 0 Å². The van der Waals surface area contributed by atoms with Crippen LogP contribution in [0.1, 0.15) is 29.3 Å². The second kappa shape index (κ2) is 8.47. The zero-order chi connectivity index (χ0) is 20.1. The van der Waals surface area contributed by atoms with Gasteiger partial charge in [-0.05, 0) is 50.2 Å². The molecule has 3 aromatic rings. The summed E-state index contributed by atoms with van der Waals surface area (Å²) in [6.07, 6.45) is 0.115. The zero-order valence-electron chi connectivity index (χ0n) is 15.9. The molecule has 3 rings (SSSR count). The Morgan fingerprint density at radius 2 is 1.75 bits per heavy atom. The molecule has 2 aromatic carbocycles. The number of aryl methyl sites for hydroxylation is 1. The maximum absolute atomic E-state index is 12.3. The van der Waals surface area contributed by atoms with E-state index < -0.39 is 0 Å². The van der Waals surface area contributed by atoms with Crippen molar-refractivity contribution in [1.29, 1.82) is 0 Å². The van der Waals surface area contributed by atoms with Crippen molar-refractivity contribution >= 4 is 11.9 Å². The number of benzene rings is 2. The number of esters is 1. The van der Waals surface area contributed by atoms with Crippen molar-refractivity contribution in [3.05, 3.63) is 59.7 Å². The van der Waals surface area contributed by atoms with Gasteiger partial charge in [0.05, 0.1) is 13.5 Å². The van der Waals surface area contributed by atoms with Crippen LogP contribution in [0.15, 0.2) is 52.9 Å². The number of carbonyl (C=O) groups is 2. The highest BCUT2D eigenvalue weighted by molar-refractivity contribution is 5.95. The number of aromatic nitrogens is 2. The molecule has 7 nitrogen and oxygen atoms in total. The highest BCUT2D eigenvalue weighted by atomic mass is 16.5. The molecule has 1 amide bonds. The summed E-state index contributed by atoms with van der Waals surface area (Å²) in [5.74, 6) is 0.178. The fourth-order valence-corrected chi connectivity index (χ4v) is 2.69. The third-order valence-electron chi connectivity index (χ3n) is 4.16. The van der Waals surface area contributed by atoms with Crippen LogP contribution in [0.2, 0.25) is 0 Å². The zero-order valence-corrected chi connectivity index (χ0v) is 15.9. The van der Waals surface area contributed by atoms with Gasteiger partial charge in [0.25, 0.3) is 5.91 Å². The lowest BCUT2D eigenvalue weighted by atomic mass is 10.1. The lowest BCUT2D eigenvalue weighted by Gasteiger charge is -2.12. The Morgan fingerprint density at radius 3 is 2.39 bits per heavy atom. The van der Waals surface area contributed by atoms with Gasteiger partial charge in [-0.1, -0.05) is 17.7 Å². The van der Waals surface area contributed by atoms with E-state index in [1.54, 1.807) is 31.2 Å². The maximum Gasteiger partial charge on any atom is 0.307 e. The van der Waals surface area contributed by atoms with Gasteiger partial charge < -0.3 is 14.5 Å². The molecule has 0 fully saturated rings. The molecular formula is C21H21N3O4. The highest BCUT2D eigenvalue weighted by Crippen LogP contribution is 2.24. The van der Waals surface area contributed by atoms with Gasteiger partial charge in [-0.3, -0.25) is 9.59 Å². The molecule has 0 aliphatic rings. The maximum atomic E-state index is 12.3. The molecule has 0 saturated heterocycles. The molecular weight excluding hydrogens is 358 g/mol. The first-order valence-electron chi connectivity index (χ1n) is 8.85. The van der Waals surface area contributed by atoms with Crippen molar-refractivity contribution in [2.75, 3.05) is 7.11 Å². The molecule has 1 N–H and O–H groups in total. The SMILES string of the molecule is COC(=O)CC(C)NC(=O)c1ccc(-c2nnc(-c3cccc(C)c3)o2)cc1. The van der Waals surface area contributed by atoms with Crippen LogP contribution in [-0.4, -0.2) is 35.2 Å². The van der Waals surface area contributed by atoms with Gasteiger partial charge in [0.1, 0.15) is 0 Å². The smallest absolute Gasteiger partial charge is 0.307 e. The van der Waals surface area contributed by atoms with Crippen molar-refractivity contribution in [3.63, 3.8) is 0 Å². The Kier molecular flexibility index (Phi) is 5.84. The quantitative estimate of drug-likeness (QED) is 0.660. The lowest BCUT2D eigenvalue weighted by molar-refractivity contribution is -0.141. The van der Waals surface area contributed by atoms with Crippen LogP contribution in [-0.2, 0) is 9.53 Å². The Balaban J connectivity index is 1.69. The molecule has 0 spiro atoms. The Hall–Kier alpha value is -3.48. The molecule has 0 bridgehead atoms. The number of rotatable bonds is 6. The Morgan fingerprint density at radius 1 is 1.07 bits per heavy atom. The van der Waals surface area contributed by atoms with Crippen LogP contribution in [0.25, 0.3) is 22.9 Å². The number of amides is 1. The second-order valence-corrected chi connectivity index (χ2v) is 6.51. The molecule has 1 atom stereocenters. The summed E-state index contributed by atoms with van der Waals surface area (Å²) in [6.45, 7) is 3.74. The number of carbonyl (C=O) groups excluding carboxylic acids is 2. The van der Waals surface area contributed by atoms with Crippen molar-refractivity contribution in [2.24, 2.45) is 0 Å². The van der Waals surface area contributed by atoms with Gasteiger partial charge >= 0.3 is 5.97 Å². The molecule has 0 aliphatic heterocycles. The molecule has 0 saturated carbocycles. The summed E-state index contributed by atoms with van der Waals surface area (Å²) in [5.41, 5.74) is 3.15. The van der Waals surface area contributed by atoms with Crippen molar-refractivity contribution in [3.8, 4) is 22.9 Å². The van der Waals surface area contributed by atoms with E-state index in [1.807, 2.05) is 31.2 Å². The second-order valence-electron chi connectivity index (χ2n) is 6.51. The summed E-state index contributed by atoms with van der Waals surface area (Å²) < 4.78 is 10.4. The monoisotopic (exact) mass is 379 g/mol. The summed E-state index contributed by atoms with van der Waals surface area (Å²) in [5, 5.41) is 10.9. The van der Waals surface area contributed by atoms with Gasteiger partial charge in [0, 0.05) is 22.7 Å². The largest absolute Gasteiger partial charge is 0.469 e. The standard InChI is InChI=1S/C21H21N3O4/c1-13-5-4-6-17(11-13)21-24-23-20(28-21)16-9-7-15(8-10-16)19(26)22-14(2)12-18(25)27-3/h4-11,14H,12H2,1-3H3,(H,22,26). The highest BCUT2D eigenvalue weighted by Gasteiger charge is 2.15. The van der Waals surface area contributed by atoms with Gasteiger partial charge in [0.2, 0.25) is 11.8 Å². The van der Waals surface area contributed by atoms with Gasteiger partial charge in [-0.15, -0.1) is 10.2 Å². The number of nitrogens with one attached hydrogen (secondary N) is 1. The first kappa shape index (κ1) is 19.3. The van der Waals surface area contributed by atoms with Gasteiger partial charge in [0.15, 0.2) is 0 Å². The first-order chi connectivity index (χ1) is 13.5. The fourth-order valence-electron chi connectivity index (χ4n) is 2.69. The van der Waals surface area contributed by atoms with E-state index in [4.69, 9.17) is 4.42 Å². The van der Waals surface area contributed by atoms with Crippen LogP contribution < -0.4 is 5.32 Å². The molecule has 144 valence electrons. The number of ether oxygens (including phenoxy) is 1. The number of hydrogen-bond donors (Lipinski definition) is 1. The van der Waals surface area contributed by atoms with Crippen LogP contribution in [0.5, 0.6) is 0 Å². The van der Waals surface area contributed by atoms with Gasteiger partial charge in [-0.25, -0.2) is 0 Å². The van der Waals surface area contributed by atoms with Crippen LogP contribution in [0.3, 0.4) is 0 Å². The van der Waals surface area contributed by atoms with E-state index >= 15 is 0 Å². The molecule has 0 radical (unpaired) electrons. The van der Waals surface area contributed by atoms with E-state index in [2.05, 4.69) is 20.3 Å². The van der Waals surface area contributed by atoms with E-state index in [0.717, 1.165) is 11.1 Å². The molecule has 7 heteroatoms. The number of nitrogens with zero attached hydrogens (tertiary/aromatic N) is 2. The van der Waals surface area contributed by atoms with Gasteiger partial charge in [-0.2, -0.15) is 0 Å². The van der Waals surface area contributed by atoms with Crippen molar-refractivity contribution in [2.45, 2.75) is 26.3 Å². The summed E-state index contributed by atoms with van der Waals surface area (Å²) in [7, 11) is 1.32. The average molecular weight is 379 g/mol. The molecule has 0 aliphatic carbocycles. The van der Waals surface area contributed by atoms with Crippen LogP contribution in [0.4, 0.5) is 0 Å². The van der Waals surface area contributed by atoms with Crippen molar-refractivity contribution in [1.82, 2.24) is 15.5 Å². The number of methoxy groups -OCH3 is 1. The van der Waals surface area contributed by atoms with E-state index in [9.17, 15) is 9.59 Å². The molecule has 1 unspecified atom stereocenters. The third kappa shape index (κ3) is 4.62. The predicted molar refractivity (Wildman–Crippen MR) is 103 cm³/mol. The predicted octanol–water partition coefficient (Wildman–Crippen LogP) is 3.39. The fraction of sp³-hybridized carbons (Fsp3) is 0.238. The van der Waals surface area contributed by atoms with E-state index in [1.165, 1.54) is 7.11 Å².